The summed E-state index contributed by atoms with van der Waals surface area (Å²) in [7, 11) is 0.0168. The van der Waals surface area contributed by atoms with Crippen molar-refractivity contribution in [2.75, 3.05) is 21.9 Å². The Morgan fingerprint density at radius 3 is 2.64 bits per heavy atom. The van der Waals surface area contributed by atoms with Gasteiger partial charge in [-0.25, -0.2) is 4.98 Å². The van der Waals surface area contributed by atoms with Gasteiger partial charge >= 0.3 is 0 Å². The van der Waals surface area contributed by atoms with Crippen molar-refractivity contribution < 1.29 is 4.79 Å². The lowest BCUT2D eigenvalue weighted by Gasteiger charge is -2.31. The maximum atomic E-state index is 12.9. The van der Waals surface area contributed by atoms with E-state index in [0.717, 1.165) is 51.4 Å². The first kappa shape index (κ1) is 21.4. The number of rotatable bonds is 4. The molecule has 1 aliphatic rings. The Labute approximate surface area is 197 Å². The lowest BCUT2D eigenvalue weighted by Crippen LogP contribution is -2.23. The number of fused-ring (bicyclic) bond motifs is 1. The van der Waals surface area contributed by atoms with Gasteiger partial charge in [-0.1, -0.05) is 36.2 Å². The number of benzene rings is 3. The van der Waals surface area contributed by atoms with Crippen LogP contribution in [0.3, 0.4) is 0 Å². The predicted molar refractivity (Wildman–Crippen MR) is 142 cm³/mol. The lowest BCUT2D eigenvalue weighted by molar-refractivity contribution is 0.102. The minimum absolute atomic E-state index is 0.0168. The second kappa shape index (κ2) is 9.20. The average Bonchev–Trinajstić information content (AvgIpc) is 2.85. The summed E-state index contributed by atoms with van der Waals surface area (Å²) in [4.78, 5) is 17.7. The van der Waals surface area contributed by atoms with Crippen molar-refractivity contribution in [1.82, 2.24) is 4.98 Å². The molecular formula is C28H27N3OS. The number of aromatic nitrogens is 1. The van der Waals surface area contributed by atoms with E-state index in [1.165, 1.54) is 12.8 Å². The molecule has 1 aliphatic heterocycles. The van der Waals surface area contributed by atoms with E-state index in [1.54, 1.807) is 0 Å². The topological polar surface area (TPSA) is 45.2 Å². The molecule has 1 N–H and O–H groups in total. The van der Waals surface area contributed by atoms with Gasteiger partial charge in [0.15, 0.2) is 0 Å². The Bertz CT molecular complexity index is 1350. The fourth-order valence-electron chi connectivity index (χ4n) is 4.22. The zero-order valence-electron chi connectivity index (χ0n) is 18.8. The van der Waals surface area contributed by atoms with Crippen LogP contribution in [0.4, 0.5) is 11.4 Å². The number of anilines is 2. The number of carbonyl (C=O) groups excluding carboxylic acids is 1. The number of carbonyl (C=O) groups is 1. The van der Waals surface area contributed by atoms with Crippen molar-refractivity contribution in [2.45, 2.75) is 19.8 Å². The number of nitrogens with one attached hydrogen (secondary N) is 1. The molecule has 4 aromatic rings. The normalized spacial score (nSPS) is 16.0. The Morgan fingerprint density at radius 2 is 1.82 bits per heavy atom. The number of pyridine rings is 1. The van der Waals surface area contributed by atoms with Gasteiger partial charge in [0, 0.05) is 40.2 Å². The quantitative estimate of drug-likeness (QED) is 0.351. The van der Waals surface area contributed by atoms with Gasteiger partial charge in [0.25, 0.3) is 5.91 Å². The first-order valence-electron chi connectivity index (χ1n) is 11.2. The van der Waals surface area contributed by atoms with Gasteiger partial charge in [-0.15, -0.1) is 10.7 Å². The van der Waals surface area contributed by atoms with E-state index in [4.69, 9.17) is 4.98 Å². The van der Waals surface area contributed by atoms with E-state index >= 15 is 0 Å². The summed E-state index contributed by atoms with van der Waals surface area (Å²) in [5, 5.41) is 4.16. The van der Waals surface area contributed by atoms with Gasteiger partial charge in [-0.05, 0) is 73.9 Å². The molecule has 2 heterocycles. The highest BCUT2D eigenvalue weighted by Gasteiger charge is 2.15. The first-order valence-corrected chi connectivity index (χ1v) is 12.8. The van der Waals surface area contributed by atoms with E-state index in [0.29, 0.717) is 5.56 Å². The van der Waals surface area contributed by atoms with E-state index in [9.17, 15) is 4.79 Å². The Hall–Kier alpha value is -3.44. The van der Waals surface area contributed by atoms with Gasteiger partial charge < -0.3 is 9.62 Å². The van der Waals surface area contributed by atoms with Crippen LogP contribution in [0.5, 0.6) is 0 Å². The molecule has 4 nitrogen and oxygen atoms in total. The fourth-order valence-corrected chi connectivity index (χ4v) is 5.78. The maximum absolute atomic E-state index is 12.9. The van der Waals surface area contributed by atoms with Crippen LogP contribution >= 0.6 is 10.7 Å². The molecule has 0 spiro atoms. The molecular weight excluding hydrogens is 426 g/mol. The molecule has 0 bridgehead atoms. The summed E-state index contributed by atoms with van der Waals surface area (Å²) >= 11 is 0. The van der Waals surface area contributed by atoms with Gasteiger partial charge in [0.2, 0.25) is 0 Å². The molecule has 1 atom stereocenters. The monoisotopic (exact) mass is 453 g/mol. The molecule has 1 saturated heterocycles. The molecule has 5 rings (SSSR count). The second-order valence-electron chi connectivity index (χ2n) is 8.40. The Kier molecular flexibility index (Phi) is 5.97. The molecule has 0 radical (unpaired) electrons. The van der Waals surface area contributed by atoms with Crippen LogP contribution < -0.4 is 9.62 Å². The van der Waals surface area contributed by atoms with E-state index in [1.807, 2.05) is 66.7 Å². The first-order chi connectivity index (χ1) is 16.1. The SMILES string of the molecule is C=S1CCCCN1c1ccc(C(=O)Nc2ccc(C)c(-c3ccc4ccccc4n3)c2)cc1. The number of hydrogen-bond donors (Lipinski definition) is 1. The van der Waals surface area contributed by atoms with E-state index in [-0.39, 0.29) is 16.6 Å². The second-order valence-corrected chi connectivity index (χ2v) is 10.2. The Morgan fingerprint density at radius 1 is 1.00 bits per heavy atom. The van der Waals surface area contributed by atoms with Crippen LogP contribution in [0.15, 0.2) is 78.9 Å². The van der Waals surface area contributed by atoms with Crippen molar-refractivity contribution in [3.63, 3.8) is 0 Å². The molecule has 1 unspecified atom stereocenters. The van der Waals surface area contributed by atoms with Crippen molar-refractivity contribution in [1.29, 1.82) is 0 Å². The molecule has 3 aromatic carbocycles. The summed E-state index contributed by atoms with van der Waals surface area (Å²) in [6.07, 6.45) is 2.44. The molecule has 1 fully saturated rings. The van der Waals surface area contributed by atoms with Gasteiger partial charge in [0.05, 0.1) is 11.2 Å². The van der Waals surface area contributed by atoms with Crippen molar-refractivity contribution in [3.8, 4) is 11.3 Å². The minimum atomic E-state index is -0.116. The third-order valence-corrected chi connectivity index (χ3v) is 7.87. The molecule has 166 valence electrons. The highest BCUT2D eigenvalue weighted by atomic mass is 32.2. The lowest BCUT2D eigenvalue weighted by atomic mass is 10.0. The highest BCUT2D eigenvalue weighted by molar-refractivity contribution is 8.15. The van der Waals surface area contributed by atoms with Crippen LogP contribution in [0.1, 0.15) is 28.8 Å². The summed E-state index contributed by atoms with van der Waals surface area (Å²) in [5.74, 6) is 5.32. The number of nitrogens with zero attached hydrogens (tertiary/aromatic N) is 2. The van der Waals surface area contributed by atoms with Crippen LogP contribution in [0, 0.1) is 6.92 Å². The zero-order valence-corrected chi connectivity index (χ0v) is 19.6. The Balaban J connectivity index is 1.36. The van der Waals surface area contributed by atoms with Gasteiger partial charge in [-0.3, -0.25) is 4.79 Å². The van der Waals surface area contributed by atoms with E-state index < -0.39 is 0 Å². The van der Waals surface area contributed by atoms with Crippen LogP contribution in [0.25, 0.3) is 22.2 Å². The zero-order chi connectivity index (χ0) is 22.8. The largest absolute Gasteiger partial charge is 0.322 e. The van der Waals surface area contributed by atoms with Gasteiger partial charge in [-0.2, -0.15) is 0 Å². The summed E-state index contributed by atoms with van der Waals surface area (Å²) in [6, 6.07) is 26.0. The maximum Gasteiger partial charge on any atom is 0.255 e. The third kappa shape index (κ3) is 4.55. The number of aryl methyl sites for hydroxylation is 1. The van der Waals surface area contributed by atoms with Crippen molar-refractivity contribution >= 4 is 44.7 Å². The van der Waals surface area contributed by atoms with Crippen molar-refractivity contribution in [2.24, 2.45) is 0 Å². The molecule has 0 aliphatic carbocycles. The number of hydrogen-bond acceptors (Lipinski definition) is 3. The summed E-state index contributed by atoms with van der Waals surface area (Å²) < 4.78 is 2.36. The fraction of sp³-hybridized carbons (Fsp3) is 0.179. The molecule has 1 aromatic heterocycles. The molecule has 1 amide bonds. The average molecular weight is 454 g/mol. The predicted octanol–water partition coefficient (Wildman–Crippen LogP) is 6.68. The van der Waals surface area contributed by atoms with E-state index in [2.05, 4.69) is 34.5 Å². The molecule has 0 saturated carbocycles. The summed E-state index contributed by atoms with van der Waals surface area (Å²) in [6.45, 7) is 3.10. The van der Waals surface area contributed by atoms with Crippen LogP contribution in [-0.4, -0.2) is 29.1 Å². The summed E-state index contributed by atoms with van der Waals surface area (Å²) in [5.41, 5.74) is 6.54. The van der Waals surface area contributed by atoms with Crippen molar-refractivity contribution in [3.05, 3.63) is 90.0 Å². The third-order valence-electron chi connectivity index (χ3n) is 6.09. The molecule has 33 heavy (non-hydrogen) atoms. The molecule has 5 heteroatoms. The van der Waals surface area contributed by atoms with Crippen LogP contribution in [-0.2, 0) is 0 Å². The number of amides is 1. The standard InChI is InChI=1S/C28H27N3OS/c1-20-9-13-23(19-25(20)27-16-12-21-7-3-4-8-26(21)30-27)29-28(32)22-10-14-24(15-11-22)31-17-5-6-18-33(31)2/h3-4,7-16,19H,2,5-6,17-18H2,1H3,(H,29,32). The van der Waals surface area contributed by atoms with Gasteiger partial charge in [0.1, 0.15) is 0 Å². The highest BCUT2D eigenvalue weighted by Crippen LogP contribution is 2.32. The van der Waals surface area contributed by atoms with Crippen LogP contribution in [0.2, 0.25) is 0 Å². The number of para-hydroxylation sites is 1. The smallest absolute Gasteiger partial charge is 0.255 e. The minimum Gasteiger partial charge on any atom is -0.322 e.